The summed E-state index contributed by atoms with van der Waals surface area (Å²) >= 11 is 0. The second kappa shape index (κ2) is 8.10. The summed E-state index contributed by atoms with van der Waals surface area (Å²) in [6.07, 6.45) is 4.77. The zero-order chi connectivity index (χ0) is 22.1. The van der Waals surface area contributed by atoms with Gasteiger partial charge in [-0.1, -0.05) is 24.3 Å². The first-order chi connectivity index (χ1) is 15.6. The fraction of sp³-hybridized carbons (Fsp3) is 0.174. The van der Waals surface area contributed by atoms with E-state index in [0.717, 1.165) is 22.2 Å². The molecule has 0 aliphatic carbocycles. The van der Waals surface area contributed by atoms with Gasteiger partial charge < -0.3 is 9.73 Å². The lowest BCUT2D eigenvalue weighted by atomic mass is 10.1. The Balaban J connectivity index is 1.42. The molecule has 0 radical (unpaired) electrons. The van der Waals surface area contributed by atoms with Crippen molar-refractivity contribution in [3.63, 3.8) is 0 Å². The Hall–Kier alpha value is -4.27. The van der Waals surface area contributed by atoms with E-state index < -0.39 is 0 Å². The van der Waals surface area contributed by atoms with Crippen molar-refractivity contribution in [1.29, 1.82) is 0 Å². The molecule has 1 aromatic carbocycles. The largest absolute Gasteiger partial charge is 0.463 e. The average Bonchev–Trinajstić information content (AvgIpc) is 3.55. The van der Waals surface area contributed by atoms with Gasteiger partial charge in [0.1, 0.15) is 18.3 Å². The van der Waals surface area contributed by atoms with Gasteiger partial charge in [0, 0.05) is 13.6 Å². The van der Waals surface area contributed by atoms with Crippen LogP contribution < -0.4 is 5.32 Å². The second-order valence-corrected chi connectivity index (χ2v) is 7.54. The summed E-state index contributed by atoms with van der Waals surface area (Å²) in [6.45, 7) is 2.89. The summed E-state index contributed by atoms with van der Waals surface area (Å²) in [4.78, 5) is 21.9. The smallest absolute Gasteiger partial charge is 0.252 e. The molecular formula is C23H21N7O2. The van der Waals surface area contributed by atoms with Crippen LogP contribution in [0.4, 0.5) is 0 Å². The number of furan rings is 1. The van der Waals surface area contributed by atoms with E-state index in [-0.39, 0.29) is 5.91 Å². The normalized spacial score (nSPS) is 11.2. The molecule has 5 rings (SSSR count). The number of benzene rings is 1. The van der Waals surface area contributed by atoms with Crippen LogP contribution >= 0.6 is 0 Å². The van der Waals surface area contributed by atoms with Gasteiger partial charge in [0.15, 0.2) is 11.4 Å². The van der Waals surface area contributed by atoms with Crippen LogP contribution in [0.15, 0.2) is 65.8 Å². The van der Waals surface area contributed by atoms with Gasteiger partial charge in [-0.05, 0) is 36.2 Å². The van der Waals surface area contributed by atoms with E-state index in [0.29, 0.717) is 35.8 Å². The van der Waals surface area contributed by atoms with Gasteiger partial charge in [0.2, 0.25) is 0 Å². The van der Waals surface area contributed by atoms with Gasteiger partial charge in [-0.25, -0.2) is 14.6 Å². The number of pyridine rings is 1. The molecule has 32 heavy (non-hydrogen) atoms. The number of aryl methyl sites for hydroxylation is 2. The molecule has 4 aromatic heterocycles. The fourth-order valence-electron chi connectivity index (χ4n) is 3.79. The molecule has 0 bridgehead atoms. The predicted molar refractivity (Wildman–Crippen MR) is 118 cm³/mol. The summed E-state index contributed by atoms with van der Waals surface area (Å²) in [5.41, 5.74) is 4.57. The molecule has 0 atom stereocenters. The van der Waals surface area contributed by atoms with Crippen LogP contribution in [0.5, 0.6) is 0 Å². The lowest BCUT2D eigenvalue weighted by molar-refractivity contribution is 0.0952. The number of rotatable bonds is 6. The molecule has 0 unspecified atom stereocenters. The van der Waals surface area contributed by atoms with Gasteiger partial charge in [-0.3, -0.25) is 9.48 Å². The fourth-order valence-corrected chi connectivity index (χ4v) is 3.79. The van der Waals surface area contributed by atoms with E-state index in [9.17, 15) is 4.79 Å². The van der Waals surface area contributed by atoms with Crippen LogP contribution in [-0.2, 0) is 20.1 Å². The van der Waals surface area contributed by atoms with E-state index in [1.54, 1.807) is 34.1 Å². The number of amides is 1. The van der Waals surface area contributed by atoms with E-state index in [1.807, 2.05) is 44.3 Å². The molecule has 0 spiro atoms. The summed E-state index contributed by atoms with van der Waals surface area (Å²) in [6, 6.07) is 13.4. The summed E-state index contributed by atoms with van der Waals surface area (Å²) in [5.74, 6) is 0.406. The maximum Gasteiger partial charge on any atom is 0.252 e. The van der Waals surface area contributed by atoms with Gasteiger partial charge in [0.25, 0.3) is 5.91 Å². The van der Waals surface area contributed by atoms with Gasteiger partial charge in [-0.15, -0.1) is 0 Å². The number of hydrogen-bond acceptors (Lipinski definition) is 6. The lowest BCUT2D eigenvalue weighted by Crippen LogP contribution is -2.23. The van der Waals surface area contributed by atoms with Crippen molar-refractivity contribution in [2.24, 2.45) is 7.05 Å². The number of hydrogen-bond donors (Lipinski definition) is 1. The SMILES string of the molecule is Cc1nn(C)c2nc(-c3ccco3)cc(C(=O)NCc3cccc(Cn4cncn4)c3)c12. The van der Waals surface area contributed by atoms with E-state index in [4.69, 9.17) is 4.42 Å². The number of carbonyl (C=O) groups is 1. The molecule has 9 heteroatoms. The van der Waals surface area contributed by atoms with Crippen LogP contribution in [0.3, 0.4) is 0 Å². The first-order valence-electron chi connectivity index (χ1n) is 10.1. The molecule has 160 valence electrons. The molecule has 0 aliphatic rings. The summed E-state index contributed by atoms with van der Waals surface area (Å²) in [5, 5.41) is 12.4. The highest BCUT2D eigenvalue weighted by molar-refractivity contribution is 6.07. The van der Waals surface area contributed by atoms with Crippen molar-refractivity contribution in [2.75, 3.05) is 0 Å². The Morgan fingerprint density at radius 2 is 2.03 bits per heavy atom. The first-order valence-corrected chi connectivity index (χ1v) is 10.1. The highest BCUT2D eigenvalue weighted by Gasteiger charge is 2.20. The number of fused-ring (bicyclic) bond motifs is 1. The monoisotopic (exact) mass is 427 g/mol. The van der Waals surface area contributed by atoms with Crippen LogP contribution in [0, 0.1) is 6.92 Å². The van der Waals surface area contributed by atoms with Crippen molar-refractivity contribution >= 4 is 16.9 Å². The van der Waals surface area contributed by atoms with Crippen LogP contribution in [0.1, 0.15) is 27.2 Å². The third-order valence-corrected chi connectivity index (χ3v) is 5.24. The zero-order valence-electron chi connectivity index (χ0n) is 17.7. The van der Waals surface area contributed by atoms with Gasteiger partial charge >= 0.3 is 0 Å². The predicted octanol–water partition coefficient (Wildman–Crippen LogP) is 3.11. The average molecular weight is 427 g/mol. The molecular weight excluding hydrogens is 406 g/mol. The third kappa shape index (κ3) is 3.76. The van der Waals surface area contributed by atoms with Crippen molar-refractivity contribution in [3.05, 3.63) is 83.8 Å². The Labute approximate surface area is 183 Å². The number of nitrogens with zero attached hydrogens (tertiary/aromatic N) is 6. The standard InChI is InChI=1S/C23H21N7O2/c1-15-21-18(10-19(20-7-4-8-32-20)27-22(21)29(2)28-15)23(31)25-11-16-5-3-6-17(9-16)12-30-14-24-13-26-30/h3-10,13-14H,11-12H2,1-2H3,(H,25,31). The maximum absolute atomic E-state index is 13.2. The van der Waals surface area contributed by atoms with Crippen LogP contribution in [0.2, 0.25) is 0 Å². The maximum atomic E-state index is 13.2. The highest BCUT2D eigenvalue weighted by Crippen LogP contribution is 2.27. The van der Waals surface area contributed by atoms with Crippen molar-refractivity contribution in [2.45, 2.75) is 20.0 Å². The molecule has 0 saturated carbocycles. The molecule has 0 saturated heterocycles. The lowest BCUT2D eigenvalue weighted by Gasteiger charge is -2.10. The van der Waals surface area contributed by atoms with Crippen molar-refractivity contribution in [3.8, 4) is 11.5 Å². The number of aromatic nitrogens is 6. The minimum absolute atomic E-state index is 0.192. The third-order valence-electron chi connectivity index (χ3n) is 5.24. The summed E-state index contributed by atoms with van der Waals surface area (Å²) < 4.78 is 8.94. The molecule has 1 N–H and O–H groups in total. The van der Waals surface area contributed by atoms with Gasteiger partial charge in [0.05, 0.1) is 29.5 Å². The number of nitrogens with one attached hydrogen (secondary N) is 1. The molecule has 5 aromatic rings. The van der Waals surface area contributed by atoms with E-state index >= 15 is 0 Å². The summed E-state index contributed by atoms with van der Waals surface area (Å²) in [7, 11) is 1.82. The Bertz CT molecular complexity index is 1390. The highest BCUT2D eigenvalue weighted by atomic mass is 16.3. The molecule has 4 heterocycles. The van der Waals surface area contributed by atoms with Crippen LogP contribution in [0.25, 0.3) is 22.5 Å². The first kappa shape index (κ1) is 19.7. The Morgan fingerprint density at radius 1 is 1.16 bits per heavy atom. The van der Waals surface area contributed by atoms with Crippen molar-refractivity contribution < 1.29 is 9.21 Å². The number of carbonyl (C=O) groups excluding carboxylic acids is 1. The van der Waals surface area contributed by atoms with Crippen molar-refractivity contribution in [1.82, 2.24) is 34.8 Å². The second-order valence-electron chi connectivity index (χ2n) is 7.54. The molecule has 0 fully saturated rings. The zero-order valence-corrected chi connectivity index (χ0v) is 17.7. The van der Waals surface area contributed by atoms with E-state index in [1.165, 1.54) is 6.33 Å². The van der Waals surface area contributed by atoms with E-state index in [2.05, 4.69) is 25.5 Å². The quantitative estimate of drug-likeness (QED) is 0.447. The van der Waals surface area contributed by atoms with Gasteiger partial charge in [-0.2, -0.15) is 10.2 Å². The van der Waals surface area contributed by atoms with Crippen LogP contribution in [-0.4, -0.2) is 35.4 Å². The minimum atomic E-state index is -0.192. The topological polar surface area (TPSA) is 104 Å². The molecule has 9 nitrogen and oxygen atoms in total. The molecule has 0 aliphatic heterocycles. The Morgan fingerprint density at radius 3 is 2.81 bits per heavy atom. The Kier molecular flexibility index (Phi) is 4.98. The molecule has 1 amide bonds. The minimum Gasteiger partial charge on any atom is -0.463 e.